The van der Waals surface area contributed by atoms with Crippen LogP contribution in [0.2, 0.25) is 0 Å². The maximum atomic E-state index is 13.0. The van der Waals surface area contributed by atoms with Gasteiger partial charge in [0.05, 0.1) is 18.2 Å². The third-order valence-electron chi connectivity index (χ3n) is 6.68. The molecule has 1 aromatic heterocycles. The fourth-order valence-corrected chi connectivity index (χ4v) is 5.30. The van der Waals surface area contributed by atoms with Crippen molar-refractivity contribution in [3.63, 3.8) is 0 Å². The van der Waals surface area contributed by atoms with Crippen molar-refractivity contribution in [2.75, 3.05) is 0 Å². The predicted molar refractivity (Wildman–Crippen MR) is 107 cm³/mol. The van der Waals surface area contributed by atoms with Gasteiger partial charge in [0.2, 0.25) is 5.91 Å². The van der Waals surface area contributed by atoms with Crippen molar-refractivity contribution < 1.29 is 4.79 Å². The summed E-state index contributed by atoms with van der Waals surface area (Å²) in [6.45, 7) is 6.70. The first kappa shape index (κ1) is 18.3. The molecule has 4 nitrogen and oxygen atoms in total. The van der Waals surface area contributed by atoms with Gasteiger partial charge in [-0.3, -0.25) is 9.48 Å². The first-order valence-electron chi connectivity index (χ1n) is 10.4. The van der Waals surface area contributed by atoms with Crippen LogP contribution in [0.4, 0.5) is 0 Å². The number of nitrogens with one attached hydrogen (secondary N) is 1. The van der Waals surface area contributed by atoms with Gasteiger partial charge >= 0.3 is 0 Å². The molecule has 144 valence electrons. The molecule has 2 fully saturated rings. The van der Waals surface area contributed by atoms with Gasteiger partial charge in [-0.05, 0) is 50.2 Å². The molecular formula is C23H31N3O. The van der Waals surface area contributed by atoms with E-state index in [4.69, 9.17) is 0 Å². The molecular weight excluding hydrogens is 334 g/mol. The highest BCUT2D eigenvalue weighted by atomic mass is 16.2. The second kappa shape index (κ2) is 7.49. The van der Waals surface area contributed by atoms with Gasteiger partial charge in [-0.25, -0.2) is 0 Å². The number of benzene rings is 1. The highest BCUT2D eigenvalue weighted by Crippen LogP contribution is 2.54. The van der Waals surface area contributed by atoms with Crippen LogP contribution in [0.15, 0.2) is 36.4 Å². The van der Waals surface area contributed by atoms with Crippen molar-refractivity contribution in [3.05, 3.63) is 53.3 Å². The van der Waals surface area contributed by atoms with Crippen molar-refractivity contribution in [1.29, 1.82) is 0 Å². The lowest BCUT2D eigenvalue weighted by Gasteiger charge is -2.55. The topological polar surface area (TPSA) is 46.9 Å². The van der Waals surface area contributed by atoms with Crippen molar-refractivity contribution in [2.45, 2.75) is 65.0 Å². The zero-order valence-electron chi connectivity index (χ0n) is 16.7. The SMILES string of the molecule is Cc1cc(C)n(C[C@H](C)C(=O)N[C@H]2[C@H]3CCCC[C@H]3[C@@H]2c2ccccc2)n1. The third-order valence-corrected chi connectivity index (χ3v) is 6.68. The minimum Gasteiger partial charge on any atom is -0.352 e. The zero-order chi connectivity index (χ0) is 19.0. The molecule has 2 saturated carbocycles. The van der Waals surface area contributed by atoms with E-state index in [1.165, 1.54) is 31.2 Å². The molecule has 0 unspecified atom stereocenters. The van der Waals surface area contributed by atoms with Crippen LogP contribution in [0.25, 0.3) is 0 Å². The predicted octanol–water partition coefficient (Wildman–Crippen LogP) is 4.22. The Bertz CT molecular complexity index is 797. The van der Waals surface area contributed by atoms with Gasteiger partial charge in [-0.2, -0.15) is 5.10 Å². The molecule has 2 aliphatic rings. The van der Waals surface area contributed by atoms with Crippen molar-refractivity contribution in [1.82, 2.24) is 15.1 Å². The third kappa shape index (κ3) is 3.54. The van der Waals surface area contributed by atoms with E-state index in [0.717, 1.165) is 17.3 Å². The van der Waals surface area contributed by atoms with Gasteiger partial charge in [0.15, 0.2) is 0 Å². The molecule has 27 heavy (non-hydrogen) atoms. The maximum Gasteiger partial charge on any atom is 0.224 e. The standard InChI is InChI=1S/C23H31N3O/c1-15(14-26-17(3)13-16(2)25-26)23(27)24-22-20-12-8-7-11-19(20)21(22)18-9-5-4-6-10-18/h4-6,9-10,13,15,19-22H,7-8,11-12,14H2,1-3H3,(H,24,27)/t15-,19+,20-,21-,22-/m0/s1. The summed E-state index contributed by atoms with van der Waals surface area (Å²) in [5.74, 6) is 1.94. The first-order chi connectivity index (χ1) is 13.0. The van der Waals surface area contributed by atoms with Crippen LogP contribution in [-0.2, 0) is 11.3 Å². The Balaban J connectivity index is 1.46. The van der Waals surface area contributed by atoms with E-state index in [0.29, 0.717) is 18.4 Å². The Morgan fingerprint density at radius 3 is 2.56 bits per heavy atom. The number of nitrogens with zero attached hydrogens (tertiary/aromatic N) is 2. The molecule has 5 atom stereocenters. The highest BCUT2D eigenvalue weighted by molar-refractivity contribution is 5.79. The Kier molecular flexibility index (Phi) is 5.07. The maximum absolute atomic E-state index is 13.0. The first-order valence-corrected chi connectivity index (χ1v) is 10.4. The average molecular weight is 366 g/mol. The largest absolute Gasteiger partial charge is 0.352 e. The zero-order valence-corrected chi connectivity index (χ0v) is 16.7. The van der Waals surface area contributed by atoms with E-state index in [1.54, 1.807) is 0 Å². The number of aryl methyl sites for hydroxylation is 2. The summed E-state index contributed by atoms with van der Waals surface area (Å²) < 4.78 is 1.96. The summed E-state index contributed by atoms with van der Waals surface area (Å²) in [6.07, 6.45) is 5.19. The normalized spacial score (nSPS) is 28.1. The number of rotatable bonds is 5. The van der Waals surface area contributed by atoms with Crippen LogP contribution < -0.4 is 5.32 Å². The molecule has 2 aromatic rings. The number of amides is 1. The number of fused-ring (bicyclic) bond motifs is 1. The van der Waals surface area contributed by atoms with Crippen LogP contribution in [0.5, 0.6) is 0 Å². The number of aromatic nitrogens is 2. The van der Waals surface area contributed by atoms with Crippen LogP contribution in [0.3, 0.4) is 0 Å². The second-order valence-electron chi connectivity index (χ2n) is 8.59. The summed E-state index contributed by atoms with van der Waals surface area (Å²) in [6, 6.07) is 13.1. The minimum absolute atomic E-state index is 0.0814. The summed E-state index contributed by atoms with van der Waals surface area (Å²) in [7, 11) is 0. The van der Waals surface area contributed by atoms with Gasteiger partial charge < -0.3 is 5.32 Å². The molecule has 1 heterocycles. The van der Waals surface area contributed by atoms with Crippen LogP contribution in [0, 0.1) is 31.6 Å². The van der Waals surface area contributed by atoms with E-state index in [2.05, 4.69) is 53.7 Å². The monoisotopic (exact) mass is 365 g/mol. The van der Waals surface area contributed by atoms with E-state index >= 15 is 0 Å². The molecule has 0 radical (unpaired) electrons. The Morgan fingerprint density at radius 1 is 1.19 bits per heavy atom. The smallest absolute Gasteiger partial charge is 0.224 e. The van der Waals surface area contributed by atoms with Crippen LogP contribution in [-0.4, -0.2) is 21.7 Å². The fourth-order valence-electron chi connectivity index (χ4n) is 5.30. The number of carbonyl (C=O) groups excluding carboxylic acids is 1. The molecule has 0 spiro atoms. The van der Waals surface area contributed by atoms with Crippen LogP contribution >= 0.6 is 0 Å². The van der Waals surface area contributed by atoms with Gasteiger partial charge in [0.1, 0.15) is 0 Å². The highest BCUT2D eigenvalue weighted by Gasteiger charge is 2.51. The Labute approximate surface area is 162 Å². The molecule has 2 aliphatic carbocycles. The van der Waals surface area contributed by atoms with Gasteiger partial charge in [0.25, 0.3) is 0 Å². The van der Waals surface area contributed by atoms with Gasteiger partial charge in [-0.15, -0.1) is 0 Å². The van der Waals surface area contributed by atoms with Crippen molar-refractivity contribution in [3.8, 4) is 0 Å². The lowest BCUT2D eigenvalue weighted by Crippen LogP contribution is -2.60. The molecule has 0 saturated heterocycles. The lowest BCUT2D eigenvalue weighted by atomic mass is 9.53. The van der Waals surface area contributed by atoms with Gasteiger partial charge in [0, 0.05) is 17.7 Å². The van der Waals surface area contributed by atoms with Crippen molar-refractivity contribution >= 4 is 5.91 Å². The van der Waals surface area contributed by atoms with E-state index in [9.17, 15) is 4.79 Å². The number of hydrogen-bond donors (Lipinski definition) is 1. The summed E-state index contributed by atoms with van der Waals surface area (Å²) in [4.78, 5) is 13.0. The Morgan fingerprint density at radius 2 is 1.89 bits per heavy atom. The number of carbonyl (C=O) groups is 1. The summed E-state index contributed by atoms with van der Waals surface area (Å²) in [5.41, 5.74) is 3.51. The summed E-state index contributed by atoms with van der Waals surface area (Å²) in [5, 5.41) is 7.94. The van der Waals surface area contributed by atoms with E-state index in [1.807, 2.05) is 18.5 Å². The second-order valence-corrected chi connectivity index (χ2v) is 8.59. The van der Waals surface area contributed by atoms with E-state index < -0.39 is 0 Å². The molecule has 0 bridgehead atoms. The van der Waals surface area contributed by atoms with Crippen molar-refractivity contribution in [2.24, 2.45) is 17.8 Å². The quantitative estimate of drug-likeness (QED) is 0.862. The molecule has 4 rings (SSSR count). The lowest BCUT2D eigenvalue weighted by molar-refractivity contribution is -0.128. The number of hydrogen-bond acceptors (Lipinski definition) is 2. The minimum atomic E-state index is -0.0814. The molecule has 1 amide bonds. The molecule has 4 heteroatoms. The average Bonchev–Trinajstić information content (AvgIpc) is 2.97. The van der Waals surface area contributed by atoms with Crippen LogP contribution in [0.1, 0.15) is 55.5 Å². The Hall–Kier alpha value is -2.10. The van der Waals surface area contributed by atoms with E-state index in [-0.39, 0.29) is 17.9 Å². The summed E-state index contributed by atoms with van der Waals surface area (Å²) >= 11 is 0. The van der Waals surface area contributed by atoms with Gasteiger partial charge in [-0.1, -0.05) is 50.1 Å². The fraction of sp³-hybridized carbons (Fsp3) is 0.565. The molecule has 1 aromatic carbocycles. The molecule has 0 aliphatic heterocycles. The molecule has 1 N–H and O–H groups in total.